The molecule has 7 aromatic carbocycles. The summed E-state index contributed by atoms with van der Waals surface area (Å²) in [6.45, 7) is 0. The number of rotatable bonds is 3. The summed E-state index contributed by atoms with van der Waals surface area (Å²) < 4.78 is 47.1. The number of benzene rings is 7. The third-order valence-corrected chi connectivity index (χ3v) is 10.1. The lowest BCUT2D eigenvalue weighted by atomic mass is 10.00. The molecule has 3 nitrogen and oxygen atoms in total. The minimum absolute atomic E-state index is 0.0537. The summed E-state index contributed by atoms with van der Waals surface area (Å²) in [6.07, 6.45) is 0. The lowest BCUT2D eigenvalue weighted by molar-refractivity contribution is 1.18. The van der Waals surface area contributed by atoms with Gasteiger partial charge < -0.3 is 4.57 Å². The fourth-order valence-electron chi connectivity index (χ4n) is 6.94. The molecule has 3 heterocycles. The third kappa shape index (κ3) is 3.65. The average molecular weight is 609 g/mol. The average Bonchev–Trinajstić information content (AvgIpc) is 3.73. The largest absolute Gasteiger partial charge is 0.309 e. The Bertz CT molecular complexity index is 3080. The number of thiophene rings is 1. The van der Waals surface area contributed by atoms with E-state index < -0.39 is 18.1 Å². The summed E-state index contributed by atoms with van der Waals surface area (Å²) in [4.78, 5) is 9.91. The molecule has 0 atom stereocenters. The highest BCUT2D eigenvalue weighted by Gasteiger charge is 2.22. The maximum atomic E-state index is 8.74. The van der Waals surface area contributed by atoms with Crippen LogP contribution in [-0.2, 0) is 0 Å². The zero-order chi connectivity index (χ0) is 34.5. The lowest BCUT2D eigenvalue weighted by Crippen LogP contribution is -1.98. The van der Waals surface area contributed by atoms with E-state index in [4.69, 9.17) is 16.8 Å². The third-order valence-electron chi connectivity index (χ3n) is 8.85. The van der Waals surface area contributed by atoms with Crippen LogP contribution in [0.1, 0.15) is 6.85 Å². The first-order chi connectivity index (χ1) is 24.9. The molecule has 4 heteroatoms. The smallest absolute Gasteiger partial charge is 0.160 e. The van der Waals surface area contributed by atoms with E-state index in [2.05, 4.69) is 89.5 Å². The quantitative estimate of drug-likeness (QED) is 0.200. The van der Waals surface area contributed by atoms with Crippen molar-refractivity contribution in [1.29, 1.82) is 0 Å². The number of hydrogen-bond acceptors (Lipinski definition) is 3. The maximum Gasteiger partial charge on any atom is 0.160 e. The molecule has 3 aromatic heterocycles. The van der Waals surface area contributed by atoms with Gasteiger partial charge in [-0.15, -0.1) is 11.3 Å². The number of nitrogens with zero attached hydrogens (tertiary/aromatic N) is 3. The van der Waals surface area contributed by atoms with Crippen molar-refractivity contribution in [2.45, 2.75) is 0 Å². The monoisotopic (exact) mass is 608 g/mol. The number of para-hydroxylation sites is 2. The Morgan fingerprint density at radius 3 is 2.15 bits per heavy atom. The van der Waals surface area contributed by atoms with Gasteiger partial charge >= 0.3 is 0 Å². The number of hydrogen-bond donors (Lipinski definition) is 0. The van der Waals surface area contributed by atoms with Crippen molar-refractivity contribution in [3.8, 4) is 28.3 Å². The van der Waals surface area contributed by atoms with Crippen LogP contribution in [0.2, 0.25) is 0 Å². The van der Waals surface area contributed by atoms with E-state index in [0.717, 1.165) is 27.7 Å². The number of fused-ring (bicyclic) bond motifs is 11. The van der Waals surface area contributed by atoms with Gasteiger partial charge in [0.15, 0.2) is 5.82 Å². The summed E-state index contributed by atoms with van der Waals surface area (Å²) >= 11 is 1.82. The highest BCUT2D eigenvalue weighted by Crippen LogP contribution is 2.47. The Kier molecular flexibility index (Phi) is 4.49. The zero-order valence-electron chi connectivity index (χ0n) is 29.3. The van der Waals surface area contributed by atoms with Crippen molar-refractivity contribution < 1.29 is 6.85 Å². The van der Waals surface area contributed by atoms with Gasteiger partial charge in [-0.1, -0.05) is 121 Å². The molecule has 10 aromatic rings. The van der Waals surface area contributed by atoms with Crippen LogP contribution in [0, 0.1) is 0 Å². The first-order valence-electron chi connectivity index (χ1n) is 17.6. The second-order valence-corrected chi connectivity index (χ2v) is 12.4. The molecule has 0 spiro atoms. The van der Waals surface area contributed by atoms with E-state index in [1.165, 1.54) is 36.3 Å². The first kappa shape index (κ1) is 21.0. The summed E-state index contributed by atoms with van der Waals surface area (Å²) in [5.41, 5.74) is 4.86. The van der Waals surface area contributed by atoms with Gasteiger partial charge in [0.1, 0.15) is 0 Å². The van der Waals surface area contributed by atoms with Gasteiger partial charge in [-0.25, -0.2) is 9.97 Å². The fraction of sp³-hybridized carbons (Fsp3) is 0. The molecule has 10 rings (SSSR count). The van der Waals surface area contributed by atoms with Crippen LogP contribution in [0.3, 0.4) is 0 Å². The van der Waals surface area contributed by atoms with Gasteiger partial charge in [-0.05, 0) is 35.7 Å². The maximum absolute atomic E-state index is 8.74. The molecule has 0 aliphatic rings. The van der Waals surface area contributed by atoms with E-state index in [0.29, 0.717) is 22.4 Å². The van der Waals surface area contributed by atoms with E-state index in [-0.39, 0.29) is 17.6 Å². The minimum atomic E-state index is -0.438. The number of aromatic nitrogens is 3. The fourth-order valence-corrected chi connectivity index (χ4v) is 8.18. The molecule has 0 saturated carbocycles. The molecule has 0 aliphatic carbocycles. The molecule has 0 bridgehead atoms. The second kappa shape index (κ2) is 9.83. The molecule has 214 valence electrons. The Labute approximate surface area is 275 Å². The molecular formula is C42H25N3S. The standard InChI is InChI=1S/C42H25N3S/c1-2-13-26(14-3-1)39-31-19-6-9-22-34(31)43-42(44-39)27-15-12-16-28(25-27)45-35-23-10-7-20-32(35)37-29-17-4-5-18-30(29)41-38(40(37)45)33-21-8-11-24-36(33)46-41/h1-25H/i1D,2D,3D,13D,14D. The van der Waals surface area contributed by atoms with E-state index in [1.807, 2.05) is 47.7 Å². The molecule has 0 aliphatic heterocycles. The van der Waals surface area contributed by atoms with Gasteiger partial charge in [-0.3, -0.25) is 0 Å². The summed E-state index contributed by atoms with van der Waals surface area (Å²) in [6, 6.07) is 39.5. The Morgan fingerprint density at radius 1 is 0.565 bits per heavy atom. The van der Waals surface area contributed by atoms with Gasteiger partial charge in [0.2, 0.25) is 0 Å². The topological polar surface area (TPSA) is 30.7 Å². The first-order valence-corrected chi connectivity index (χ1v) is 15.9. The molecule has 0 radical (unpaired) electrons. The van der Waals surface area contributed by atoms with Crippen molar-refractivity contribution >= 4 is 75.0 Å². The van der Waals surface area contributed by atoms with E-state index in [9.17, 15) is 0 Å². The lowest BCUT2D eigenvalue weighted by Gasteiger charge is -2.13. The SMILES string of the molecule is [2H]c1c([2H])c([2H])c(-c2nc(-c3cccc(-n4c5ccccc5c5c6ccccc6c6sc7ccccc7c6c54)c3)nc3ccccc23)c([2H])c1[2H]. The minimum Gasteiger partial charge on any atom is -0.309 e. The Hall–Kier alpha value is -5.84. The predicted molar refractivity (Wildman–Crippen MR) is 195 cm³/mol. The summed E-state index contributed by atoms with van der Waals surface area (Å²) in [5, 5.41) is 7.86. The van der Waals surface area contributed by atoms with Crippen LogP contribution in [0.15, 0.2) is 152 Å². The molecule has 0 fully saturated rings. The van der Waals surface area contributed by atoms with Gasteiger partial charge in [0, 0.05) is 58.5 Å². The van der Waals surface area contributed by atoms with Crippen molar-refractivity contribution in [2.75, 3.05) is 0 Å². The highest BCUT2D eigenvalue weighted by molar-refractivity contribution is 7.27. The molecule has 0 saturated heterocycles. The van der Waals surface area contributed by atoms with Crippen molar-refractivity contribution in [1.82, 2.24) is 14.5 Å². The zero-order valence-corrected chi connectivity index (χ0v) is 25.1. The predicted octanol–water partition coefficient (Wildman–Crippen LogP) is 11.6. The summed E-state index contributed by atoms with van der Waals surface area (Å²) in [5.74, 6) is 0.398. The highest BCUT2D eigenvalue weighted by atomic mass is 32.1. The van der Waals surface area contributed by atoms with Gasteiger partial charge in [0.25, 0.3) is 0 Å². The van der Waals surface area contributed by atoms with Crippen LogP contribution < -0.4 is 0 Å². The summed E-state index contributed by atoms with van der Waals surface area (Å²) in [7, 11) is 0. The molecule has 46 heavy (non-hydrogen) atoms. The normalized spacial score (nSPS) is 13.4. The van der Waals surface area contributed by atoms with Crippen LogP contribution in [-0.4, -0.2) is 14.5 Å². The van der Waals surface area contributed by atoms with Crippen molar-refractivity contribution in [3.63, 3.8) is 0 Å². The van der Waals surface area contributed by atoms with Crippen molar-refractivity contribution in [2.24, 2.45) is 0 Å². The Balaban J connectivity index is 1.29. The van der Waals surface area contributed by atoms with Gasteiger partial charge in [-0.2, -0.15) is 0 Å². The van der Waals surface area contributed by atoms with Crippen LogP contribution >= 0.6 is 11.3 Å². The van der Waals surface area contributed by atoms with Crippen molar-refractivity contribution in [3.05, 3.63) is 152 Å². The van der Waals surface area contributed by atoms with E-state index in [1.54, 1.807) is 0 Å². The molecule has 0 N–H and O–H groups in total. The Morgan fingerprint density at radius 2 is 1.28 bits per heavy atom. The van der Waals surface area contributed by atoms with Crippen LogP contribution in [0.5, 0.6) is 0 Å². The molecular weight excluding hydrogens is 579 g/mol. The second-order valence-electron chi connectivity index (χ2n) is 11.4. The van der Waals surface area contributed by atoms with Crippen LogP contribution in [0.4, 0.5) is 0 Å². The van der Waals surface area contributed by atoms with E-state index >= 15 is 0 Å². The van der Waals surface area contributed by atoms with Gasteiger partial charge in [0.05, 0.1) is 29.1 Å². The molecule has 0 amide bonds. The molecule has 0 unspecified atom stereocenters. The van der Waals surface area contributed by atoms with Crippen LogP contribution in [0.25, 0.3) is 92.0 Å².